The minimum atomic E-state index is -0.147. The summed E-state index contributed by atoms with van der Waals surface area (Å²) in [5, 5.41) is 21.5. The lowest BCUT2D eigenvalue weighted by molar-refractivity contribution is -0.249. The number of hydrogen-bond donors (Lipinski definition) is 2. The summed E-state index contributed by atoms with van der Waals surface area (Å²) in [6, 6.07) is 0. The summed E-state index contributed by atoms with van der Waals surface area (Å²) in [5.74, 6) is 3.33. The first-order chi connectivity index (χ1) is 14.9. The Balaban J connectivity index is 1.55. The zero-order valence-corrected chi connectivity index (χ0v) is 21.8. The van der Waals surface area contributed by atoms with E-state index in [1.54, 1.807) is 0 Å². The van der Waals surface area contributed by atoms with Gasteiger partial charge >= 0.3 is 0 Å². The van der Waals surface area contributed by atoms with E-state index in [2.05, 4.69) is 48.1 Å². The van der Waals surface area contributed by atoms with Crippen LogP contribution < -0.4 is 0 Å². The summed E-state index contributed by atoms with van der Waals surface area (Å²) < 4.78 is 0. The highest BCUT2D eigenvalue weighted by Gasteiger charge is 2.70. The van der Waals surface area contributed by atoms with Gasteiger partial charge in [-0.05, 0) is 128 Å². The maximum absolute atomic E-state index is 10.9. The van der Waals surface area contributed by atoms with Crippen molar-refractivity contribution in [3.63, 3.8) is 0 Å². The van der Waals surface area contributed by atoms with E-state index >= 15 is 0 Å². The van der Waals surface area contributed by atoms with Crippen molar-refractivity contribution in [3.05, 3.63) is 12.2 Å². The molecule has 182 valence electrons. The van der Waals surface area contributed by atoms with E-state index in [9.17, 15) is 10.2 Å². The molecule has 0 saturated heterocycles. The van der Waals surface area contributed by atoms with Crippen molar-refractivity contribution in [2.45, 2.75) is 112 Å². The molecule has 0 spiro atoms. The van der Waals surface area contributed by atoms with Crippen molar-refractivity contribution in [2.24, 2.45) is 56.7 Å². The van der Waals surface area contributed by atoms with Gasteiger partial charge in [0.2, 0.25) is 0 Å². The number of aliphatic hydroxyl groups is 2. The van der Waals surface area contributed by atoms with Gasteiger partial charge in [0.25, 0.3) is 0 Å². The molecule has 0 radical (unpaired) electrons. The molecule has 5 fully saturated rings. The molecule has 2 nitrogen and oxygen atoms in total. The van der Waals surface area contributed by atoms with Crippen LogP contribution >= 0.6 is 0 Å². The first-order valence-corrected chi connectivity index (χ1v) is 13.8. The monoisotopic (exact) mass is 442 g/mol. The highest BCUT2D eigenvalue weighted by molar-refractivity contribution is 5.21. The molecule has 2 unspecified atom stereocenters. The third-order valence-corrected chi connectivity index (χ3v) is 13.5. The quantitative estimate of drug-likeness (QED) is 0.452. The summed E-state index contributed by atoms with van der Waals surface area (Å²) in [6.07, 6.45) is 12.2. The Morgan fingerprint density at radius 3 is 2.19 bits per heavy atom. The second-order valence-corrected chi connectivity index (χ2v) is 14.6. The van der Waals surface area contributed by atoms with Gasteiger partial charge in [0.05, 0.1) is 6.10 Å². The zero-order valence-electron chi connectivity index (χ0n) is 21.8. The normalized spacial score (nSPS) is 56.5. The third kappa shape index (κ3) is 2.66. The fraction of sp³-hybridized carbons (Fsp3) is 0.933. The molecule has 0 bridgehead atoms. The molecule has 10 atom stereocenters. The van der Waals surface area contributed by atoms with Gasteiger partial charge in [0, 0.05) is 6.61 Å². The largest absolute Gasteiger partial charge is 0.396 e. The van der Waals surface area contributed by atoms with Crippen molar-refractivity contribution < 1.29 is 10.2 Å². The SMILES string of the molecule is C=C(C)C1CC[C@]2(CO)CC[C@@]3(C)[C@@H](CC[C@H]4[C@@]5(C)CCC(O)C(C)(C)[C@H]5CC[C@@]43C)[C@@H]12. The Bertz CT molecular complexity index is 786. The summed E-state index contributed by atoms with van der Waals surface area (Å²) in [6.45, 7) is 19.7. The van der Waals surface area contributed by atoms with E-state index in [1.807, 2.05) is 0 Å². The van der Waals surface area contributed by atoms with Gasteiger partial charge in [-0.25, -0.2) is 0 Å². The van der Waals surface area contributed by atoms with Gasteiger partial charge in [0.1, 0.15) is 0 Å². The molecule has 2 N–H and O–H groups in total. The molecule has 0 aromatic carbocycles. The standard InChI is InChI=1S/C30H50O2/c1-19(2)20-10-15-30(18-31)17-16-28(6)21(25(20)30)8-9-23-27(5)13-12-24(32)26(3,4)22(27)11-14-29(23,28)7/h20-25,31-32H,1,8-18H2,2-7H3/t20?,21-,22+,23-,24?,25+,27-,28-,29-,30+/m0/s1. The van der Waals surface area contributed by atoms with Gasteiger partial charge in [-0.15, -0.1) is 0 Å². The number of hydrogen-bond acceptors (Lipinski definition) is 2. The predicted octanol–water partition coefficient (Wildman–Crippen LogP) is 7.00. The highest BCUT2D eigenvalue weighted by atomic mass is 16.3. The van der Waals surface area contributed by atoms with Crippen LogP contribution in [0.15, 0.2) is 12.2 Å². The second-order valence-electron chi connectivity index (χ2n) is 14.6. The number of aliphatic hydroxyl groups excluding tert-OH is 2. The predicted molar refractivity (Wildman–Crippen MR) is 132 cm³/mol. The molecule has 2 heteroatoms. The third-order valence-electron chi connectivity index (χ3n) is 13.5. The lowest BCUT2D eigenvalue weighted by atomic mass is 9.32. The summed E-state index contributed by atoms with van der Waals surface area (Å²) in [5.41, 5.74) is 2.60. The van der Waals surface area contributed by atoms with E-state index in [-0.39, 0.29) is 16.9 Å². The summed E-state index contributed by atoms with van der Waals surface area (Å²) >= 11 is 0. The zero-order chi connectivity index (χ0) is 23.3. The molecule has 32 heavy (non-hydrogen) atoms. The first-order valence-electron chi connectivity index (χ1n) is 13.8. The molecule has 0 amide bonds. The van der Waals surface area contributed by atoms with Crippen molar-refractivity contribution in [3.8, 4) is 0 Å². The van der Waals surface area contributed by atoms with Gasteiger partial charge in [-0.2, -0.15) is 0 Å². The molecule has 0 heterocycles. The van der Waals surface area contributed by atoms with E-state index in [4.69, 9.17) is 0 Å². The fourth-order valence-electron chi connectivity index (χ4n) is 11.5. The average molecular weight is 443 g/mol. The van der Waals surface area contributed by atoms with Crippen LogP contribution in [-0.2, 0) is 0 Å². The van der Waals surface area contributed by atoms with Crippen molar-refractivity contribution in [2.75, 3.05) is 6.61 Å². The topological polar surface area (TPSA) is 40.5 Å². The van der Waals surface area contributed by atoms with Crippen molar-refractivity contribution >= 4 is 0 Å². The second kappa shape index (κ2) is 7.09. The lowest BCUT2D eigenvalue weighted by Gasteiger charge is -2.73. The van der Waals surface area contributed by atoms with Gasteiger partial charge in [-0.3, -0.25) is 0 Å². The summed E-state index contributed by atoms with van der Waals surface area (Å²) in [7, 11) is 0. The van der Waals surface area contributed by atoms with Gasteiger partial charge < -0.3 is 10.2 Å². The minimum Gasteiger partial charge on any atom is -0.396 e. The number of fused-ring (bicyclic) bond motifs is 7. The average Bonchev–Trinajstić information content (AvgIpc) is 3.12. The lowest BCUT2D eigenvalue weighted by Crippen LogP contribution is -2.66. The molecule has 5 aliphatic carbocycles. The van der Waals surface area contributed by atoms with Crippen LogP contribution in [0.3, 0.4) is 0 Å². The number of allylic oxidation sites excluding steroid dienone is 1. The Morgan fingerprint density at radius 2 is 1.53 bits per heavy atom. The Hall–Kier alpha value is -0.340. The first kappa shape index (κ1) is 23.4. The molecule has 5 aliphatic rings. The molecule has 5 saturated carbocycles. The van der Waals surface area contributed by atoms with Gasteiger partial charge in [-0.1, -0.05) is 46.8 Å². The Labute approximate surface area is 197 Å². The Morgan fingerprint density at radius 1 is 0.812 bits per heavy atom. The maximum Gasteiger partial charge on any atom is 0.0594 e. The molecular weight excluding hydrogens is 392 g/mol. The molecule has 0 aromatic heterocycles. The van der Waals surface area contributed by atoms with Crippen LogP contribution in [0.5, 0.6) is 0 Å². The summed E-state index contributed by atoms with van der Waals surface area (Å²) in [4.78, 5) is 0. The van der Waals surface area contributed by atoms with E-state index < -0.39 is 0 Å². The van der Waals surface area contributed by atoms with E-state index in [0.717, 1.165) is 18.3 Å². The molecule has 0 aliphatic heterocycles. The van der Waals surface area contributed by atoms with E-state index in [0.29, 0.717) is 40.6 Å². The minimum absolute atomic E-state index is 0.0290. The van der Waals surface area contributed by atoms with Crippen molar-refractivity contribution in [1.29, 1.82) is 0 Å². The van der Waals surface area contributed by atoms with Crippen LogP contribution in [0.4, 0.5) is 0 Å². The van der Waals surface area contributed by atoms with Crippen LogP contribution in [0.2, 0.25) is 0 Å². The van der Waals surface area contributed by atoms with Crippen LogP contribution in [0, 0.1) is 56.7 Å². The maximum atomic E-state index is 10.9. The van der Waals surface area contributed by atoms with Crippen LogP contribution in [0.1, 0.15) is 106 Å². The smallest absolute Gasteiger partial charge is 0.0594 e. The molecular formula is C30H50O2. The van der Waals surface area contributed by atoms with Gasteiger partial charge in [0.15, 0.2) is 0 Å². The van der Waals surface area contributed by atoms with Crippen LogP contribution in [0.25, 0.3) is 0 Å². The highest BCUT2D eigenvalue weighted by Crippen LogP contribution is 2.77. The van der Waals surface area contributed by atoms with Crippen LogP contribution in [-0.4, -0.2) is 22.9 Å². The fourth-order valence-corrected chi connectivity index (χ4v) is 11.5. The number of rotatable bonds is 2. The van der Waals surface area contributed by atoms with Crippen molar-refractivity contribution in [1.82, 2.24) is 0 Å². The Kier molecular flexibility index (Phi) is 5.19. The molecule has 5 rings (SSSR count). The molecule has 0 aromatic rings. The van der Waals surface area contributed by atoms with E-state index in [1.165, 1.54) is 63.4 Å².